The van der Waals surface area contributed by atoms with Crippen LogP contribution in [0, 0.1) is 0 Å². The summed E-state index contributed by atoms with van der Waals surface area (Å²) in [6.45, 7) is 2.17. The zero-order valence-corrected chi connectivity index (χ0v) is 17.2. The molecule has 0 radical (unpaired) electrons. The molecular formula is C24H25N5O2. The third-order valence-electron chi connectivity index (χ3n) is 5.82. The number of nitrogens with zero attached hydrogens (tertiary/aromatic N) is 2. The highest BCUT2D eigenvalue weighted by Gasteiger charge is 2.22. The number of aromatic amines is 1. The van der Waals surface area contributed by atoms with Gasteiger partial charge in [-0.15, -0.1) is 0 Å². The third kappa shape index (κ3) is 3.85. The Hall–Kier alpha value is -3.42. The summed E-state index contributed by atoms with van der Waals surface area (Å²) in [5, 5.41) is 8.26. The molecule has 7 nitrogen and oxygen atoms in total. The molecule has 4 aromatic rings. The Bertz CT molecular complexity index is 1240. The van der Waals surface area contributed by atoms with E-state index in [0.29, 0.717) is 11.6 Å². The molecule has 1 aliphatic heterocycles. The number of rotatable bonds is 5. The number of ether oxygens (including phenoxy) is 1. The van der Waals surface area contributed by atoms with Crippen LogP contribution in [0.1, 0.15) is 30.0 Å². The van der Waals surface area contributed by atoms with Crippen molar-refractivity contribution < 1.29 is 4.74 Å². The van der Waals surface area contributed by atoms with Crippen LogP contribution in [0.5, 0.6) is 11.5 Å². The van der Waals surface area contributed by atoms with Gasteiger partial charge in [0.1, 0.15) is 17.1 Å². The van der Waals surface area contributed by atoms with Gasteiger partial charge in [0.2, 0.25) is 0 Å². The summed E-state index contributed by atoms with van der Waals surface area (Å²) in [6.07, 6.45) is 1.97. The summed E-state index contributed by atoms with van der Waals surface area (Å²) >= 11 is 0. The Labute approximate surface area is 179 Å². The lowest BCUT2D eigenvalue weighted by Crippen LogP contribution is -2.28. The molecule has 0 saturated carbocycles. The van der Waals surface area contributed by atoms with Crippen molar-refractivity contribution in [1.29, 1.82) is 0 Å². The average molecular weight is 415 g/mol. The fourth-order valence-corrected chi connectivity index (χ4v) is 4.25. The minimum atomic E-state index is -0.117. The maximum absolute atomic E-state index is 12.4. The van der Waals surface area contributed by atoms with Gasteiger partial charge in [0.05, 0.1) is 11.4 Å². The first-order valence-corrected chi connectivity index (χ1v) is 10.6. The van der Waals surface area contributed by atoms with Crippen LogP contribution < -0.4 is 21.3 Å². The summed E-state index contributed by atoms with van der Waals surface area (Å²) in [7, 11) is 0. The lowest BCUT2D eigenvalue weighted by Gasteiger charge is -2.23. The molecule has 0 bridgehead atoms. The van der Waals surface area contributed by atoms with Crippen LogP contribution in [0.2, 0.25) is 0 Å². The zero-order chi connectivity index (χ0) is 21.2. The molecule has 4 N–H and O–H groups in total. The number of para-hydroxylation sites is 1. The topological polar surface area (TPSA) is 97.4 Å². The Morgan fingerprint density at radius 1 is 1.03 bits per heavy atom. The van der Waals surface area contributed by atoms with E-state index in [4.69, 9.17) is 15.6 Å². The van der Waals surface area contributed by atoms with Gasteiger partial charge in [0.15, 0.2) is 0 Å². The molecule has 31 heavy (non-hydrogen) atoms. The molecule has 0 unspecified atom stereocenters. The first-order chi connectivity index (χ1) is 15.2. The molecule has 3 heterocycles. The Morgan fingerprint density at radius 3 is 2.45 bits per heavy atom. The Morgan fingerprint density at radius 2 is 1.74 bits per heavy atom. The fraction of sp³-hybridized carbons (Fsp3) is 0.250. The molecule has 0 atom stereocenters. The van der Waals surface area contributed by atoms with Crippen molar-refractivity contribution in [3.63, 3.8) is 0 Å². The van der Waals surface area contributed by atoms with E-state index >= 15 is 0 Å². The lowest BCUT2D eigenvalue weighted by atomic mass is 9.94. The number of benzene rings is 2. The molecule has 0 aliphatic carbocycles. The van der Waals surface area contributed by atoms with Gasteiger partial charge in [-0.1, -0.05) is 18.2 Å². The fourth-order valence-electron chi connectivity index (χ4n) is 4.25. The number of H-pyrrole nitrogens is 1. The van der Waals surface area contributed by atoms with Gasteiger partial charge >= 0.3 is 0 Å². The number of hydrogen-bond donors (Lipinski definition) is 3. The zero-order valence-electron chi connectivity index (χ0n) is 17.2. The van der Waals surface area contributed by atoms with Crippen molar-refractivity contribution >= 4 is 5.65 Å². The second-order valence-electron chi connectivity index (χ2n) is 7.81. The van der Waals surface area contributed by atoms with E-state index < -0.39 is 0 Å². The summed E-state index contributed by atoms with van der Waals surface area (Å²) < 4.78 is 7.77. The van der Waals surface area contributed by atoms with Crippen molar-refractivity contribution in [3.05, 3.63) is 82.3 Å². The molecule has 1 aliphatic rings. The minimum absolute atomic E-state index is 0.117. The number of aromatic nitrogens is 3. The van der Waals surface area contributed by atoms with E-state index in [-0.39, 0.29) is 12.1 Å². The van der Waals surface area contributed by atoms with Gasteiger partial charge in [-0.3, -0.25) is 4.79 Å². The Balaban J connectivity index is 1.54. The number of fused-ring (bicyclic) bond motifs is 1. The molecule has 158 valence electrons. The normalized spacial score (nSPS) is 14.7. The predicted octanol–water partition coefficient (Wildman–Crippen LogP) is 3.41. The molecular weight excluding hydrogens is 390 g/mol. The van der Waals surface area contributed by atoms with Crippen LogP contribution in [0.25, 0.3) is 16.9 Å². The molecule has 7 heteroatoms. The number of hydrogen-bond acceptors (Lipinski definition) is 5. The van der Waals surface area contributed by atoms with Crippen molar-refractivity contribution in [2.45, 2.75) is 25.3 Å². The number of piperidine rings is 1. The van der Waals surface area contributed by atoms with Gasteiger partial charge in [-0.05, 0) is 62.3 Å². The standard InChI is InChI=1S/C24H25N5O2/c25-15-20-23(17-6-8-19(9-7-17)31-18-4-2-1-3-5-18)28-29-21(14-22(30)27-24(20)29)16-10-12-26-13-11-16/h1-9,14,16,26H,10-13,15,25H2,(H,27,30). The molecule has 2 aromatic heterocycles. The van der Waals surface area contributed by atoms with Crippen LogP contribution in [0.4, 0.5) is 0 Å². The highest BCUT2D eigenvalue weighted by Crippen LogP contribution is 2.31. The van der Waals surface area contributed by atoms with Crippen molar-refractivity contribution in [2.75, 3.05) is 13.1 Å². The van der Waals surface area contributed by atoms with E-state index in [9.17, 15) is 4.79 Å². The minimum Gasteiger partial charge on any atom is -0.457 e. The molecule has 5 rings (SSSR count). The summed E-state index contributed by atoms with van der Waals surface area (Å²) in [4.78, 5) is 15.4. The van der Waals surface area contributed by atoms with Crippen molar-refractivity contribution in [2.24, 2.45) is 5.73 Å². The maximum Gasteiger partial charge on any atom is 0.251 e. The average Bonchev–Trinajstić information content (AvgIpc) is 3.18. The molecule has 2 aromatic carbocycles. The monoisotopic (exact) mass is 415 g/mol. The molecule has 1 saturated heterocycles. The van der Waals surface area contributed by atoms with Gasteiger partial charge in [-0.2, -0.15) is 5.10 Å². The molecule has 1 fully saturated rings. The Kier molecular flexibility index (Phi) is 5.28. The highest BCUT2D eigenvalue weighted by atomic mass is 16.5. The predicted molar refractivity (Wildman–Crippen MR) is 121 cm³/mol. The first-order valence-electron chi connectivity index (χ1n) is 10.6. The van der Waals surface area contributed by atoms with Gasteiger partial charge in [-0.25, -0.2) is 4.52 Å². The van der Waals surface area contributed by atoms with Crippen molar-refractivity contribution in [3.8, 4) is 22.8 Å². The maximum atomic E-state index is 12.4. The number of nitrogens with two attached hydrogens (primary N) is 1. The van der Waals surface area contributed by atoms with Crippen LogP contribution >= 0.6 is 0 Å². The quantitative estimate of drug-likeness (QED) is 0.464. The van der Waals surface area contributed by atoms with Crippen LogP contribution in [0.15, 0.2) is 65.5 Å². The highest BCUT2D eigenvalue weighted by molar-refractivity contribution is 5.71. The molecule has 0 amide bonds. The summed E-state index contributed by atoms with van der Waals surface area (Å²) in [5.41, 5.74) is 10.2. The second kappa shape index (κ2) is 8.37. The summed E-state index contributed by atoms with van der Waals surface area (Å²) in [6, 6.07) is 19.1. The van der Waals surface area contributed by atoms with Crippen LogP contribution in [-0.4, -0.2) is 27.7 Å². The molecule has 0 spiro atoms. The number of nitrogens with one attached hydrogen (secondary N) is 2. The van der Waals surface area contributed by atoms with E-state index in [2.05, 4.69) is 10.3 Å². The van der Waals surface area contributed by atoms with Gasteiger partial charge in [0.25, 0.3) is 5.56 Å². The van der Waals surface area contributed by atoms with Gasteiger partial charge < -0.3 is 20.8 Å². The summed E-state index contributed by atoms with van der Waals surface area (Å²) in [5.74, 6) is 1.83. The van der Waals surface area contributed by atoms with E-state index in [1.807, 2.05) is 59.1 Å². The van der Waals surface area contributed by atoms with Crippen molar-refractivity contribution in [1.82, 2.24) is 19.9 Å². The smallest absolute Gasteiger partial charge is 0.251 e. The van der Waals surface area contributed by atoms with E-state index in [1.165, 1.54) is 0 Å². The first kappa shape index (κ1) is 19.5. The second-order valence-corrected chi connectivity index (χ2v) is 7.81. The van der Waals surface area contributed by atoms with Crippen LogP contribution in [0.3, 0.4) is 0 Å². The largest absolute Gasteiger partial charge is 0.457 e. The van der Waals surface area contributed by atoms with E-state index in [1.54, 1.807) is 6.07 Å². The third-order valence-corrected chi connectivity index (χ3v) is 5.82. The van der Waals surface area contributed by atoms with Gasteiger partial charge in [0, 0.05) is 29.7 Å². The van der Waals surface area contributed by atoms with E-state index in [0.717, 1.165) is 59.9 Å². The lowest BCUT2D eigenvalue weighted by molar-refractivity contribution is 0.446. The SMILES string of the molecule is NCc1c(-c2ccc(Oc3ccccc3)cc2)nn2c(C3CCNCC3)cc(=O)[nH]c12. The van der Waals surface area contributed by atoms with Crippen LogP contribution in [-0.2, 0) is 6.54 Å².